The molecule has 0 fully saturated rings. The number of nitrogens with one attached hydrogen (secondary N) is 2. The molecule has 0 spiro atoms. The van der Waals surface area contributed by atoms with Gasteiger partial charge >= 0.3 is 5.97 Å². The zero-order valence-corrected chi connectivity index (χ0v) is 17.4. The van der Waals surface area contributed by atoms with Crippen molar-refractivity contribution < 1.29 is 23.8 Å². The zero-order valence-electron chi connectivity index (χ0n) is 17.4. The maximum atomic E-state index is 12.2. The van der Waals surface area contributed by atoms with Crippen LogP contribution in [0.2, 0.25) is 0 Å². The van der Waals surface area contributed by atoms with Crippen molar-refractivity contribution in [3.8, 4) is 11.5 Å². The van der Waals surface area contributed by atoms with Crippen molar-refractivity contribution in [3.05, 3.63) is 46.8 Å². The first-order valence-electron chi connectivity index (χ1n) is 9.46. The molecule has 0 saturated heterocycles. The van der Waals surface area contributed by atoms with Gasteiger partial charge in [0, 0.05) is 5.69 Å². The molecule has 0 aliphatic heterocycles. The second-order valence-corrected chi connectivity index (χ2v) is 6.28. The summed E-state index contributed by atoms with van der Waals surface area (Å²) in [6.45, 7) is 9.74. The van der Waals surface area contributed by atoms with Crippen LogP contribution in [0.15, 0.2) is 29.4 Å². The third-order valence-electron chi connectivity index (χ3n) is 4.14. The van der Waals surface area contributed by atoms with Crippen LogP contribution in [-0.4, -0.2) is 42.4 Å². The second kappa shape index (κ2) is 10.3. The fourth-order valence-electron chi connectivity index (χ4n) is 2.70. The van der Waals surface area contributed by atoms with Crippen molar-refractivity contribution in [2.75, 3.05) is 13.2 Å². The average Bonchev–Trinajstić information content (AvgIpc) is 2.97. The number of carbonyl (C=O) groups is 2. The van der Waals surface area contributed by atoms with Crippen LogP contribution in [0.4, 0.5) is 0 Å². The molecule has 2 aromatic rings. The van der Waals surface area contributed by atoms with Gasteiger partial charge in [0.15, 0.2) is 6.10 Å². The molecule has 0 radical (unpaired) electrons. The van der Waals surface area contributed by atoms with Gasteiger partial charge in [-0.2, -0.15) is 5.10 Å². The maximum Gasteiger partial charge on any atom is 0.340 e. The number of aryl methyl sites for hydroxylation is 1. The Morgan fingerprint density at radius 3 is 2.41 bits per heavy atom. The molecule has 156 valence electrons. The molecule has 29 heavy (non-hydrogen) atoms. The molecule has 0 saturated carbocycles. The topological polar surface area (TPSA) is 102 Å². The van der Waals surface area contributed by atoms with Crippen LogP contribution in [0.1, 0.15) is 48.1 Å². The third kappa shape index (κ3) is 5.84. The molecule has 1 aromatic heterocycles. The van der Waals surface area contributed by atoms with Gasteiger partial charge in [0.1, 0.15) is 11.5 Å². The lowest BCUT2D eigenvalue weighted by Gasteiger charge is -2.13. The lowest BCUT2D eigenvalue weighted by Crippen LogP contribution is -2.33. The molecule has 0 aliphatic carbocycles. The number of hydrogen-bond donors (Lipinski definition) is 2. The highest BCUT2D eigenvalue weighted by Crippen LogP contribution is 2.19. The second-order valence-electron chi connectivity index (χ2n) is 6.28. The Hall–Kier alpha value is -3.29. The summed E-state index contributed by atoms with van der Waals surface area (Å²) in [5, 5.41) is 3.96. The number of H-pyrrole nitrogens is 1. The number of carbonyl (C=O) groups excluding carboxylic acids is 2. The molecule has 1 aromatic carbocycles. The number of aromatic amines is 1. The molecular weight excluding hydrogens is 374 g/mol. The van der Waals surface area contributed by atoms with E-state index in [9.17, 15) is 9.59 Å². The van der Waals surface area contributed by atoms with Crippen LogP contribution in [0.25, 0.3) is 0 Å². The Morgan fingerprint density at radius 1 is 1.14 bits per heavy atom. The van der Waals surface area contributed by atoms with Gasteiger partial charge in [-0.3, -0.25) is 4.79 Å². The number of amides is 1. The number of nitrogens with zero attached hydrogens (tertiary/aromatic N) is 1. The zero-order chi connectivity index (χ0) is 21.4. The molecule has 0 bridgehead atoms. The van der Waals surface area contributed by atoms with Crippen molar-refractivity contribution in [2.45, 2.75) is 40.7 Å². The Bertz CT molecular complexity index is 871. The van der Waals surface area contributed by atoms with Crippen molar-refractivity contribution in [1.29, 1.82) is 0 Å². The molecule has 2 N–H and O–H groups in total. The van der Waals surface area contributed by atoms with E-state index < -0.39 is 12.0 Å². The first-order valence-corrected chi connectivity index (χ1v) is 9.46. The van der Waals surface area contributed by atoms with E-state index in [4.69, 9.17) is 14.2 Å². The lowest BCUT2D eigenvalue weighted by atomic mass is 10.1. The molecule has 0 unspecified atom stereocenters. The van der Waals surface area contributed by atoms with Crippen molar-refractivity contribution in [2.24, 2.45) is 5.10 Å². The summed E-state index contributed by atoms with van der Waals surface area (Å²) in [5.41, 5.74) is 4.92. The van der Waals surface area contributed by atoms with Gasteiger partial charge in [0.05, 0.1) is 30.7 Å². The highest BCUT2D eigenvalue weighted by Gasteiger charge is 2.18. The van der Waals surface area contributed by atoms with Gasteiger partial charge < -0.3 is 19.2 Å². The standard InChI is InChI=1S/C21H27N3O5/c1-6-27-16-8-10-17(11-9-16)29-15(5)20(25)24-22-12-18-13(3)19(14(4)23-18)21(26)28-7-2/h8-12,15,23H,6-7H2,1-5H3,(H,24,25)/b22-12+/t15-/m0/s1. The number of aromatic nitrogens is 1. The summed E-state index contributed by atoms with van der Waals surface area (Å²) in [4.78, 5) is 27.3. The molecule has 8 nitrogen and oxygen atoms in total. The first kappa shape index (κ1) is 22.0. The quantitative estimate of drug-likeness (QED) is 0.382. The molecule has 1 atom stereocenters. The van der Waals surface area contributed by atoms with E-state index in [0.29, 0.717) is 41.5 Å². The number of esters is 1. The average molecular weight is 401 g/mol. The van der Waals surface area contributed by atoms with E-state index in [2.05, 4.69) is 15.5 Å². The SMILES string of the molecule is CCOC(=O)c1c(C)[nH]c(/C=N/NC(=O)[C@H](C)Oc2ccc(OCC)cc2)c1C. The predicted molar refractivity (Wildman–Crippen MR) is 110 cm³/mol. The van der Waals surface area contributed by atoms with E-state index in [1.807, 2.05) is 6.92 Å². The number of hydrogen-bond acceptors (Lipinski definition) is 6. The first-order chi connectivity index (χ1) is 13.9. The Morgan fingerprint density at radius 2 is 1.79 bits per heavy atom. The Kier molecular flexibility index (Phi) is 7.82. The van der Waals surface area contributed by atoms with Gasteiger partial charge in [-0.25, -0.2) is 10.2 Å². The summed E-state index contributed by atoms with van der Waals surface area (Å²) in [7, 11) is 0. The lowest BCUT2D eigenvalue weighted by molar-refractivity contribution is -0.127. The molecule has 1 amide bonds. The van der Waals surface area contributed by atoms with E-state index >= 15 is 0 Å². The summed E-state index contributed by atoms with van der Waals surface area (Å²) >= 11 is 0. The highest BCUT2D eigenvalue weighted by molar-refractivity contribution is 5.96. The summed E-state index contributed by atoms with van der Waals surface area (Å²) < 4.78 is 16.0. The van der Waals surface area contributed by atoms with E-state index in [-0.39, 0.29) is 5.97 Å². The van der Waals surface area contributed by atoms with E-state index in [1.54, 1.807) is 52.0 Å². The fourth-order valence-corrected chi connectivity index (χ4v) is 2.70. The monoisotopic (exact) mass is 401 g/mol. The van der Waals surface area contributed by atoms with Crippen LogP contribution in [-0.2, 0) is 9.53 Å². The molecule has 2 rings (SSSR count). The van der Waals surface area contributed by atoms with Crippen LogP contribution in [0, 0.1) is 13.8 Å². The Balaban J connectivity index is 1.95. The number of benzene rings is 1. The minimum absolute atomic E-state index is 0.300. The Labute approximate surface area is 170 Å². The van der Waals surface area contributed by atoms with E-state index in [0.717, 1.165) is 5.75 Å². The number of ether oxygens (including phenoxy) is 3. The minimum Gasteiger partial charge on any atom is -0.494 e. The smallest absolute Gasteiger partial charge is 0.340 e. The van der Waals surface area contributed by atoms with Gasteiger partial charge in [0.25, 0.3) is 5.91 Å². The van der Waals surface area contributed by atoms with Crippen molar-refractivity contribution in [3.63, 3.8) is 0 Å². The van der Waals surface area contributed by atoms with Gasteiger partial charge in [-0.1, -0.05) is 0 Å². The minimum atomic E-state index is -0.744. The summed E-state index contributed by atoms with van der Waals surface area (Å²) in [6, 6.07) is 7.03. The summed E-state index contributed by atoms with van der Waals surface area (Å²) in [6.07, 6.45) is 0.707. The largest absolute Gasteiger partial charge is 0.494 e. The van der Waals surface area contributed by atoms with Crippen LogP contribution >= 0.6 is 0 Å². The fraction of sp³-hybridized carbons (Fsp3) is 0.381. The van der Waals surface area contributed by atoms with Crippen molar-refractivity contribution >= 4 is 18.1 Å². The van der Waals surface area contributed by atoms with Gasteiger partial charge in [0.2, 0.25) is 0 Å². The molecule has 8 heteroatoms. The molecule has 0 aliphatic rings. The normalized spacial score (nSPS) is 11.9. The van der Waals surface area contributed by atoms with Gasteiger partial charge in [-0.15, -0.1) is 0 Å². The number of hydrazone groups is 1. The number of rotatable bonds is 9. The van der Waals surface area contributed by atoms with Crippen molar-refractivity contribution in [1.82, 2.24) is 10.4 Å². The molecule has 1 heterocycles. The molecular formula is C21H27N3O5. The maximum absolute atomic E-state index is 12.2. The predicted octanol–water partition coefficient (Wildman–Crippen LogP) is 3.12. The van der Waals surface area contributed by atoms with Crippen LogP contribution in [0.3, 0.4) is 0 Å². The van der Waals surface area contributed by atoms with Gasteiger partial charge in [-0.05, 0) is 64.4 Å². The third-order valence-corrected chi connectivity index (χ3v) is 4.14. The van der Waals surface area contributed by atoms with Crippen LogP contribution < -0.4 is 14.9 Å². The highest BCUT2D eigenvalue weighted by atomic mass is 16.5. The summed E-state index contributed by atoms with van der Waals surface area (Å²) in [5.74, 6) is 0.497. The van der Waals surface area contributed by atoms with E-state index in [1.165, 1.54) is 6.21 Å². The van der Waals surface area contributed by atoms with Crippen LogP contribution in [0.5, 0.6) is 11.5 Å².